The molecular weight excluding hydrogens is 1320 g/mol. The normalized spacial score (nSPS) is 19.6. The van der Waals surface area contributed by atoms with Crippen LogP contribution in [0, 0.1) is 11.8 Å². The Labute approximate surface area is 599 Å². The van der Waals surface area contributed by atoms with Crippen LogP contribution in [0.2, 0.25) is 0 Å². The molecule has 0 spiro atoms. The number of nitrogens with zero attached hydrogens (tertiary/aromatic N) is 3. The molecule has 102 heavy (non-hydrogen) atoms. The summed E-state index contributed by atoms with van der Waals surface area (Å²) in [5, 5.41) is 8.41. The van der Waals surface area contributed by atoms with Gasteiger partial charge < -0.3 is 91.9 Å². The fourth-order valence-electron chi connectivity index (χ4n) is 11.6. The van der Waals surface area contributed by atoms with Gasteiger partial charge in [0.2, 0.25) is 5.91 Å². The van der Waals surface area contributed by atoms with E-state index >= 15 is 0 Å². The molecule has 0 aromatic heterocycles. The molecule has 27 heteroatoms. The summed E-state index contributed by atoms with van der Waals surface area (Å²) in [4.78, 5) is 87.7. The van der Waals surface area contributed by atoms with E-state index in [-0.39, 0.29) is 110 Å². The Morgan fingerprint density at radius 3 is 1.71 bits per heavy atom. The van der Waals surface area contributed by atoms with Crippen LogP contribution in [0.5, 0.6) is 23.0 Å². The lowest BCUT2D eigenvalue weighted by molar-refractivity contribution is -0.195. The van der Waals surface area contributed by atoms with Crippen molar-refractivity contribution in [1.82, 2.24) is 20.9 Å². The van der Waals surface area contributed by atoms with E-state index in [9.17, 15) is 28.8 Å². The first-order chi connectivity index (χ1) is 48.6. The van der Waals surface area contributed by atoms with Crippen molar-refractivity contribution in [2.75, 3.05) is 116 Å². The van der Waals surface area contributed by atoms with Gasteiger partial charge in [-0.15, -0.1) is 0 Å². The van der Waals surface area contributed by atoms with Crippen molar-refractivity contribution >= 4 is 47.4 Å². The molecule has 27 nitrogen and oxygen atoms in total. The topological polar surface area (TPSA) is 287 Å². The van der Waals surface area contributed by atoms with Crippen LogP contribution in [-0.2, 0) is 70.1 Å². The fourth-order valence-corrected chi connectivity index (χ4v) is 11.6. The monoisotopic (exact) mass is 1420 g/mol. The van der Waals surface area contributed by atoms with Gasteiger partial charge in [0.05, 0.1) is 102 Å². The highest BCUT2D eigenvalue weighted by Crippen LogP contribution is 2.45. The molecule has 3 aromatic rings. The van der Waals surface area contributed by atoms with Crippen LogP contribution >= 0.6 is 0 Å². The maximum Gasteiger partial charge on any atom is 0.417 e. The van der Waals surface area contributed by atoms with Crippen molar-refractivity contribution in [1.29, 1.82) is 0 Å². The second kappa shape index (κ2) is 37.8. The van der Waals surface area contributed by atoms with Gasteiger partial charge in [0.1, 0.15) is 36.2 Å². The molecule has 8 rings (SSSR count). The molecule has 0 aliphatic carbocycles. The van der Waals surface area contributed by atoms with Crippen molar-refractivity contribution in [3.8, 4) is 34.8 Å². The number of carbonyl (C=O) groups excluding carboxylic acids is 6. The minimum atomic E-state index is -1.05. The molecule has 6 amide bonds. The molecule has 5 aliphatic heterocycles. The molecule has 5 heterocycles. The lowest BCUT2D eigenvalue weighted by Crippen LogP contribution is -2.54. The van der Waals surface area contributed by atoms with E-state index < -0.39 is 72.1 Å². The summed E-state index contributed by atoms with van der Waals surface area (Å²) in [6, 6.07) is 11.0. The minimum absolute atomic E-state index is 0.00850. The van der Waals surface area contributed by atoms with E-state index in [1.807, 2.05) is 18.2 Å². The van der Waals surface area contributed by atoms with Crippen molar-refractivity contribution in [2.45, 2.75) is 188 Å². The Balaban J connectivity index is 1.02. The van der Waals surface area contributed by atoms with Crippen molar-refractivity contribution in [3.63, 3.8) is 0 Å². The number of alkyl carbamates (subject to hydrolysis) is 1. The van der Waals surface area contributed by atoms with Crippen LogP contribution in [0.3, 0.4) is 0 Å². The number of carbonyl (C=O) groups is 6. The Morgan fingerprint density at radius 1 is 0.608 bits per heavy atom. The average Bonchev–Trinajstić information content (AvgIpc) is 1.51. The van der Waals surface area contributed by atoms with Crippen LogP contribution < -0.4 is 44.7 Å². The zero-order valence-corrected chi connectivity index (χ0v) is 61.1. The van der Waals surface area contributed by atoms with Crippen molar-refractivity contribution in [3.05, 3.63) is 94.6 Å². The van der Waals surface area contributed by atoms with Crippen molar-refractivity contribution in [2.24, 2.45) is 0 Å². The number of methoxy groups -OCH3 is 2. The van der Waals surface area contributed by atoms with Crippen molar-refractivity contribution < 1.29 is 99.8 Å². The van der Waals surface area contributed by atoms with Gasteiger partial charge in [0.25, 0.3) is 11.8 Å². The van der Waals surface area contributed by atoms with Gasteiger partial charge >= 0.3 is 18.3 Å². The lowest BCUT2D eigenvalue weighted by Gasteiger charge is -2.39. The molecule has 3 saturated heterocycles. The number of anilines is 2. The van der Waals surface area contributed by atoms with Gasteiger partial charge in [-0.05, 0) is 162 Å². The highest BCUT2D eigenvalue weighted by molar-refractivity contribution is 6.07. The van der Waals surface area contributed by atoms with Gasteiger partial charge in [-0.1, -0.05) is 36.1 Å². The first kappa shape index (κ1) is 79.5. The van der Waals surface area contributed by atoms with Crippen LogP contribution in [0.1, 0.15) is 164 Å². The third kappa shape index (κ3) is 24.5. The summed E-state index contributed by atoms with van der Waals surface area (Å²) < 4.78 is 90.3. The number of ether oxygens (including phenoxy) is 15. The van der Waals surface area contributed by atoms with E-state index in [1.165, 1.54) is 30.1 Å². The number of hydrogen-bond donors (Lipinski definition) is 3. The smallest absolute Gasteiger partial charge is 0.417 e. The molecule has 3 N–H and O–H groups in total. The molecular formula is C75H104N6O21. The largest absolute Gasteiger partial charge is 0.493 e. The maximum atomic E-state index is 14.8. The first-order valence-corrected chi connectivity index (χ1v) is 35.0. The fraction of sp³-hybridized carbons (Fsp3) is 0.600. The number of fused-ring (bicyclic) bond motifs is 3. The van der Waals surface area contributed by atoms with Crippen LogP contribution in [-0.4, -0.2) is 195 Å². The molecule has 0 radical (unpaired) electrons. The molecule has 0 saturated carbocycles. The van der Waals surface area contributed by atoms with Gasteiger partial charge in [-0.3, -0.25) is 19.3 Å². The van der Waals surface area contributed by atoms with Gasteiger partial charge in [-0.25, -0.2) is 19.3 Å². The Bertz CT molecular complexity index is 3410. The molecule has 5 aliphatic rings. The van der Waals surface area contributed by atoms with Gasteiger partial charge in [0.15, 0.2) is 41.8 Å². The van der Waals surface area contributed by atoms with Gasteiger partial charge in [-0.2, -0.15) is 0 Å². The van der Waals surface area contributed by atoms with E-state index in [1.54, 1.807) is 85.4 Å². The number of rotatable bonds is 28. The summed E-state index contributed by atoms with van der Waals surface area (Å²) in [7, 11) is 2.90. The highest BCUT2D eigenvalue weighted by Gasteiger charge is 2.49. The van der Waals surface area contributed by atoms with E-state index in [0.717, 1.165) is 36.8 Å². The van der Waals surface area contributed by atoms with Crippen LogP contribution in [0.4, 0.5) is 25.8 Å². The second-order valence-electron chi connectivity index (χ2n) is 28.2. The summed E-state index contributed by atoms with van der Waals surface area (Å²) in [5.74, 6) is 5.79. The predicted octanol–water partition coefficient (Wildman–Crippen LogP) is 10.4. The number of benzene rings is 3. The van der Waals surface area contributed by atoms with Crippen LogP contribution in [0.25, 0.3) is 0 Å². The zero-order valence-electron chi connectivity index (χ0n) is 61.1. The molecule has 3 aromatic carbocycles. The maximum absolute atomic E-state index is 14.8. The number of amides is 6. The zero-order chi connectivity index (χ0) is 73.6. The molecule has 5 atom stereocenters. The number of nitrogens with one attached hydrogen (secondary N) is 3. The predicted molar refractivity (Wildman–Crippen MR) is 377 cm³/mol. The Hall–Kier alpha value is -8.20. The lowest BCUT2D eigenvalue weighted by atomic mass is 10.0. The quantitative estimate of drug-likeness (QED) is 0.0263. The Kier molecular flexibility index (Phi) is 29.5. The Morgan fingerprint density at radius 2 is 1.15 bits per heavy atom. The van der Waals surface area contributed by atoms with E-state index in [2.05, 4.69) is 40.9 Å². The molecule has 3 fully saturated rings. The average molecular weight is 1430 g/mol. The highest BCUT2D eigenvalue weighted by atomic mass is 16.7. The summed E-state index contributed by atoms with van der Waals surface area (Å²) >= 11 is 0. The summed E-state index contributed by atoms with van der Waals surface area (Å²) in [6.45, 7) is 28.2. The first-order valence-electron chi connectivity index (χ1n) is 35.0. The third-order valence-corrected chi connectivity index (χ3v) is 16.2. The SMILES string of the molecule is C=C1CC[C@H](OC2CCCCO2)N(C(=O)OC(C)(C)C)c2cc(OCc3cc(C#CCNC(=O)CCOCCOCCOCCOCCNC(=O)OC(C)(C)C)cc(COc4cc5c(cc4OC)C(=O)N4CC(=C)C[C@H]4[C@H](OC4CCCCO4)N5C(=O)OC(C)(C)C)c3)c(OC)cc2C(=O)NC1. The van der Waals surface area contributed by atoms with Crippen LogP contribution in [0.15, 0.2) is 66.8 Å². The molecule has 0 bridgehead atoms. The third-order valence-electron chi connectivity index (χ3n) is 16.2. The number of hydrogen-bond acceptors (Lipinski definition) is 21. The second-order valence-corrected chi connectivity index (χ2v) is 28.2. The molecule has 560 valence electrons. The summed E-state index contributed by atoms with van der Waals surface area (Å²) in [5.41, 5.74) is 1.29. The van der Waals surface area contributed by atoms with Gasteiger partial charge in [0, 0.05) is 57.0 Å². The minimum Gasteiger partial charge on any atom is -0.493 e. The standard InChI is InChI=1S/C75H104N6O21/c1-49-22-23-64(98-65-20-14-16-27-94-65)80(71(86)101-74(6,7)8)56-43-61(59(88-12)41-54(56)67(83)78-45-49)96-47-52-38-51(19-18-25-76-63(82)24-29-90-31-33-92-35-36-93-34-32-91-30-26-77-70(85)100-73(3,4)5)39-53(40-52)48-97-62-44-57-55(42-60(62)89-13)68(84)79-46-50(2)37-58(79)69(99-66-21-15-17-28-95-66)81(57)72(87)102-75(9,10)11/h38-44,58,64-66,69H,1-2,14-17,20-37,45-48H2,3-13H3,(H,76,82)(H,77,85)(H,78,83)/t58-,64-,65?,66?,69-/m0/s1. The van der Waals surface area contributed by atoms with E-state index in [4.69, 9.17) is 71.1 Å². The molecule has 2 unspecified atom stereocenters. The van der Waals surface area contributed by atoms with E-state index in [0.29, 0.717) is 108 Å². The summed E-state index contributed by atoms with van der Waals surface area (Å²) in [6.07, 6.45) is 0.401.